The number of anilines is 1. The maximum Gasteiger partial charge on any atom is 0.255 e. The van der Waals surface area contributed by atoms with Crippen molar-refractivity contribution in [3.05, 3.63) is 71.7 Å². The number of hydrogen-bond donors (Lipinski definition) is 2. The number of ether oxygens (including phenoxy) is 1. The molecular formula is C22H24N4O2. The smallest absolute Gasteiger partial charge is 0.255 e. The number of carbonyl (C=O) groups excluding carboxylic acids is 1. The highest BCUT2D eigenvalue weighted by molar-refractivity contribution is 6.06. The van der Waals surface area contributed by atoms with E-state index in [9.17, 15) is 4.79 Å². The first-order valence-corrected chi connectivity index (χ1v) is 9.50. The van der Waals surface area contributed by atoms with Gasteiger partial charge in [0.25, 0.3) is 5.91 Å². The molecule has 1 aliphatic heterocycles. The van der Waals surface area contributed by atoms with E-state index in [1.54, 1.807) is 24.5 Å². The van der Waals surface area contributed by atoms with E-state index in [1.165, 1.54) is 0 Å². The second-order valence-corrected chi connectivity index (χ2v) is 6.92. The molecular weight excluding hydrogens is 352 g/mol. The number of morpholine rings is 1. The fourth-order valence-electron chi connectivity index (χ4n) is 3.49. The molecule has 2 aromatic heterocycles. The fraction of sp³-hybridized carbons (Fsp3) is 0.273. The van der Waals surface area contributed by atoms with Crippen LogP contribution in [0.4, 0.5) is 5.69 Å². The van der Waals surface area contributed by atoms with Crippen LogP contribution in [0.3, 0.4) is 0 Å². The van der Waals surface area contributed by atoms with Crippen LogP contribution in [0.5, 0.6) is 0 Å². The Morgan fingerprint density at radius 3 is 2.57 bits per heavy atom. The monoisotopic (exact) mass is 376 g/mol. The summed E-state index contributed by atoms with van der Waals surface area (Å²) < 4.78 is 5.47. The van der Waals surface area contributed by atoms with Crippen molar-refractivity contribution >= 4 is 11.6 Å². The van der Waals surface area contributed by atoms with Gasteiger partial charge in [-0.3, -0.25) is 14.7 Å². The van der Waals surface area contributed by atoms with E-state index in [2.05, 4.69) is 27.1 Å². The highest BCUT2D eigenvalue weighted by Crippen LogP contribution is 2.34. The Morgan fingerprint density at radius 2 is 1.86 bits per heavy atom. The summed E-state index contributed by atoms with van der Waals surface area (Å²) in [5, 5.41) is 3.15. The van der Waals surface area contributed by atoms with Gasteiger partial charge in [0.2, 0.25) is 0 Å². The van der Waals surface area contributed by atoms with Gasteiger partial charge in [0.15, 0.2) is 0 Å². The Bertz CT molecular complexity index is 932. The molecule has 0 unspecified atom stereocenters. The molecule has 0 atom stereocenters. The third kappa shape index (κ3) is 3.98. The second kappa shape index (κ2) is 8.37. The summed E-state index contributed by atoms with van der Waals surface area (Å²) in [7, 11) is 0. The number of aryl methyl sites for hydroxylation is 1. The summed E-state index contributed by atoms with van der Waals surface area (Å²) in [5.74, 6) is -0.137. The molecule has 1 saturated heterocycles. The molecule has 0 spiro atoms. The van der Waals surface area contributed by atoms with Gasteiger partial charge in [0, 0.05) is 54.4 Å². The van der Waals surface area contributed by atoms with Crippen molar-refractivity contribution in [2.45, 2.75) is 13.5 Å². The number of aromatic nitrogens is 2. The lowest BCUT2D eigenvalue weighted by Gasteiger charge is -2.27. The molecule has 1 aromatic carbocycles. The second-order valence-electron chi connectivity index (χ2n) is 6.92. The minimum Gasteiger partial charge on any atom is -0.379 e. The van der Waals surface area contributed by atoms with Gasteiger partial charge in [-0.2, -0.15) is 0 Å². The van der Waals surface area contributed by atoms with Crippen molar-refractivity contribution in [3.8, 4) is 11.3 Å². The topological polar surface area (TPSA) is 70.2 Å². The Kier molecular flexibility index (Phi) is 5.50. The largest absolute Gasteiger partial charge is 0.379 e. The van der Waals surface area contributed by atoms with Crippen LogP contribution in [0.2, 0.25) is 0 Å². The van der Waals surface area contributed by atoms with E-state index in [-0.39, 0.29) is 5.91 Å². The Balaban J connectivity index is 1.70. The van der Waals surface area contributed by atoms with Crippen LogP contribution in [0.25, 0.3) is 11.3 Å². The quantitative estimate of drug-likeness (QED) is 0.715. The van der Waals surface area contributed by atoms with E-state index in [4.69, 9.17) is 4.74 Å². The Labute approximate surface area is 164 Å². The standard InChI is InChI=1S/C22H24N4O2/c1-16-19(15-26-11-13-28-14-12-26)21(20(24-16)17-5-3-2-4-6-17)25-22(27)18-7-9-23-10-8-18/h2-10,24H,11-15H2,1H3,(H,25,27). The van der Waals surface area contributed by atoms with Gasteiger partial charge >= 0.3 is 0 Å². The molecule has 0 saturated carbocycles. The molecule has 3 heterocycles. The average Bonchev–Trinajstić information content (AvgIpc) is 3.05. The number of nitrogens with one attached hydrogen (secondary N) is 2. The number of rotatable bonds is 5. The van der Waals surface area contributed by atoms with Gasteiger partial charge in [-0.1, -0.05) is 30.3 Å². The van der Waals surface area contributed by atoms with Crippen LogP contribution in [-0.2, 0) is 11.3 Å². The summed E-state index contributed by atoms with van der Waals surface area (Å²) in [6, 6.07) is 13.5. The normalized spacial score (nSPS) is 14.8. The molecule has 0 radical (unpaired) electrons. The Morgan fingerprint density at radius 1 is 1.14 bits per heavy atom. The third-order valence-corrected chi connectivity index (χ3v) is 5.05. The Hall–Kier alpha value is -2.96. The number of amides is 1. The lowest BCUT2D eigenvalue weighted by molar-refractivity contribution is 0.0342. The lowest BCUT2D eigenvalue weighted by atomic mass is 10.1. The van der Waals surface area contributed by atoms with Crippen LogP contribution in [-0.4, -0.2) is 47.1 Å². The van der Waals surface area contributed by atoms with Crippen LogP contribution in [0.15, 0.2) is 54.9 Å². The summed E-state index contributed by atoms with van der Waals surface area (Å²) >= 11 is 0. The first-order chi connectivity index (χ1) is 13.7. The van der Waals surface area contributed by atoms with Crippen LogP contribution in [0, 0.1) is 6.92 Å². The van der Waals surface area contributed by atoms with E-state index in [0.717, 1.165) is 61.1 Å². The maximum absolute atomic E-state index is 12.9. The van der Waals surface area contributed by atoms with Crippen molar-refractivity contribution < 1.29 is 9.53 Å². The van der Waals surface area contributed by atoms with E-state index in [1.807, 2.05) is 30.3 Å². The SMILES string of the molecule is Cc1[nH]c(-c2ccccc2)c(NC(=O)c2ccncc2)c1CN1CCOCC1. The molecule has 6 nitrogen and oxygen atoms in total. The number of H-pyrrole nitrogens is 1. The minimum atomic E-state index is -0.137. The van der Waals surface area contributed by atoms with Crippen molar-refractivity contribution in [1.29, 1.82) is 0 Å². The van der Waals surface area contributed by atoms with Crippen molar-refractivity contribution in [2.75, 3.05) is 31.6 Å². The van der Waals surface area contributed by atoms with Gasteiger partial charge in [0.1, 0.15) is 0 Å². The summed E-state index contributed by atoms with van der Waals surface area (Å²) in [5.41, 5.74) is 5.59. The van der Waals surface area contributed by atoms with Gasteiger partial charge in [-0.15, -0.1) is 0 Å². The highest BCUT2D eigenvalue weighted by Gasteiger charge is 2.22. The van der Waals surface area contributed by atoms with Crippen LogP contribution < -0.4 is 5.32 Å². The zero-order valence-electron chi connectivity index (χ0n) is 15.9. The number of benzene rings is 1. The number of carbonyl (C=O) groups is 1. The first kappa shape index (κ1) is 18.4. The average molecular weight is 376 g/mol. The molecule has 4 rings (SSSR count). The van der Waals surface area contributed by atoms with E-state index >= 15 is 0 Å². The minimum absolute atomic E-state index is 0.137. The van der Waals surface area contributed by atoms with Gasteiger partial charge in [0.05, 0.1) is 24.6 Å². The summed E-state index contributed by atoms with van der Waals surface area (Å²) in [6.07, 6.45) is 3.26. The number of nitrogens with zero attached hydrogens (tertiary/aromatic N) is 2. The van der Waals surface area contributed by atoms with Gasteiger partial charge in [-0.05, 0) is 19.1 Å². The van der Waals surface area contributed by atoms with Gasteiger partial charge in [-0.25, -0.2) is 0 Å². The van der Waals surface area contributed by atoms with Crippen molar-refractivity contribution in [1.82, 2.24) is 14.9 Å². The predicted molar refractivity (Wildman–Crippen MR) is 109 cm³/mol. The lowest BCUT2D eigenvalue weighted by Crippen LogP contribution is -2.36. The molecule has 28 heavy (non-hydrogen) atoms. The highest BCUT2D eigenvalue weighted by atomic mass is 16.5. The molecule has 3 aromatic rings. The predicted octanol–water partition coefficient (Wildman–Crippen LogP) is 3.47. The van der Waals surface area contributed by atoms with Crippen LogP contribution >= 0.6 is 0 Å². The molecule has 1 amide bonds. The maximum atomic E-state index is 12.9. The van der Waals surface area contributed by atoms with Crippen molar-refractivity contribution in [2.24, 2.45) is 0 Å². The molecule has 2 N–H and O–H groups in total. The zero-order valence-corrected chi connectivity index (χ0v) is 15.9. The van der Waals surface area contributed by atoms with Crippen molar-refractivity contribution in [3.63, 3.8) is 0 Å². The summed E-state index contributed by atoms with van der Waals surface area (Å²) in [6.45, 7) is 6.10. The first-order valence-electron chi connectivity index (χ1n) is 9.50. The fourth-order valence-corrected chi connectivity index (χ4v) is 3.49. The summed E-state index contributed by atoms with van der Waals surface area (Å²) in [4.78, 5) is 22.7. The molecule has 0 aliphatic carbocycles. The van der Waals surface area contributed by atoms with E-state index in [0.29, 0.717) is 5.56 Å². The van der Waals surface area contributed by atoms with Gasteiger partial charge < -0.3 is 15.0 Å². The van der Waals surface area contributed by atoms with E-state index < -0.39 is 0 Å². The molecule has 1 aliphatic rings. The molecule has 0 bridgehead atoms. The molecule has 1 fully saturated rings. The van der Waals surface area contributed by atoms with Crippen LogP contribution in [0.1, 0.15) is 21.6 Å². The molecule has 6 heteroatoms. The molecule has 144 valence electrons. The number of aromatic amines is 1. The zero-order chi connectivity index (χ0) is 19.3. The third-order valence-electron chi connectivity index (χ3n) is 5.05. The number of hydrogen-bond acceptors (Lipinski definition) is 4. The number of pyridine rings is 1.